The molecule has 156 valence electrons. The minimum atomic E-state index is -0.734. The zero-order valence-corrected chi connectivity index (χ0v) is 17.3. The molecule has 1 aliphatic heterocycles. The van der Waals surface area contributed by atoms with Gasteiger partial charge in [0.25, 0.3) is 0 Å². The number of nitrogens with one attached hydrogen (secondary N) is 1. The predicted octanol–water partition coefficient (Wildman–Crippen LogP) is 3.30. The van der Waals surface area contributed by atoms with Crippen LogP contribution in [0.25, 0.3) is 0 Å². The van der Waals surface area contributed by atoms with Crippen LogP contribution in [-0.4, -0.2) is 43.0 Å². The zero-order chi connectivity index (χ0) is 20.8. The number of fused-ring (bicyclic) bond motifs is 1. The maximum Gasteiger partial charge on any atom is 0.350 e. The highest BCUT2D eigenvalue weighted by atomic mass is 35.5. The Bertz CT molecular complexity index is 844. The smallest absolute Gasteiger partial charge is 0.350 e. The molecular weight excluding hydrogens is 394 g/mol. The molecule has 0 aliphatic carbocycles. The number of carbonyl (C=O) groups excluding carboxylic acids is 1. The van der Waals surface area contributed by atoms with Gasteiger partial charge in [0.15, 0.2) is 11.5 Å². The third-order valence-electron chi connectivity index (χ3n) is 4.65. The Morgan fingerprint density at radius 3 is 2.90 bits per heavy atom. The van der Waals surface area contributed by atoms with Gasteiger partial charge in [0.1, 0.15) is 6.61 Å². The van der Waals surface area contributed by atoms with E-state index in [4.69, 9.17) is 25.8 Å². The fraction of sp³-hybridized carbons (Fsp3) is 0.409. The molecule has 3 rings (SSSR count). The quantitative estimate of drug-likeness (QED) is 0.639. The molecule has 3 atom stereocenters. The third kappa shape index (κ3) is 5.85. The van der Waals surface area contributed by atoms with Gasteiger partial charge in [0.2, 0.25) is 6.10 Å². The first-order chi connectivity index (χ1) is 14.0. The van der Waals surface area contributed by atoms with E-state index in [1.54, 1.807) is 19.1 Å². The van der Waals surface area contributed by atoms with Crippen LogP contribution < -0.4 is 14.8 Å². The van der Waals surface area contributed by atoms with E-state index in [9.17, 15) is 9.90 Å². The largest absolute Gasteiger partial charge is 0.485 e. The van der Waals surface area contributed by atoms with Crippen LogP contribution >= 0.6 is 11.6 Å². The van der Waals surface area contributed by atoms with Gasteiger partial charge in [-0.1, -0.05) is 29.8 Å². The molecule has 0 amide bonds. The summed E-state index contributed by atoms with van der Waals surface area (Å²) >= 11 is 5.98. The Hall–Kier alpha value is -2.28. The molecule has 6 nitrogen and oxygen atoms in total. The number of esters is 1. The maximum absolute atomic E-state index is 11.8. The average molecular weight is 420 g/mol. The molecule has 7 heteroatoms. The lowest BCUT2D eigenvalue weighted by molar-refractivity contribution is -0.153. The molecule has 0 aromatic heterocycles. The van der Waals surface area contributed by atoms with Crippen LogP contribution in [-0.2, 0) is 16.0 Å². The second-order valence-electron chi connectivity index (χ2n) is 7.03. The molecule has 1 unspecified atom stereocenters. The Morgan fingerprint density at radius 1 is 1.31 bits per heavy atom. The lowest BCUT2D eigenvalue weighted by atomic mass is 10.0. The molecule has 29 heavy (non-hydrogen) atoms. The molecule has 2 aromatic carbocycles. The molecule has 0 spiro atoms. The molecule has 1 heterocycles. The number of aliphatic hydroxyl groups is 1. The first-order valence-electron chi connectivity index (χ1n) is 9.72. The summed E-state index contributed by atoms with van der Waals surface area (Å²) in [6, 6.07) is 13.0. The molecule has 0 saturated heterocycles. The second-order valence-corrected chi connectivity index (χ2v) is 7.47. The van der Waals surface area contributed by atoms with Crippen molar-refractivity contribution in [2.24, 2.45) is 0 Å². The van der Waals surface area contributed by atoms with Gasteiger partial charge in [-0.05, 0) is 55.7 Å². The van der Waals surface area contributed by atoms with E-state index in [1.165, 1.54) is 0 Å². The van der Waals surface area contributed by atoms with E-state index in [-0.39, 0.29) is 12.6 Å². The predicted molar refractivity (Wildman–Crippen MR) is 111 cm³/mol. The Kier molecular flexibility index (Phi) is 7.36. The summed E-state index contributed by atoms with van der Waals surface area (Å²) in [7, 11) is 0. The van der Waals surface area contributed by atoms with Gasteiger partial charge >= 0.3 is 5.97 Å². The maximum atomic E-state index is 11.8. The third-order valence-corrected chi connectivity index (χ3v) is 4.89. The van der Waals surface area contributed by atoms with Crippen LogP contribution in [0.1, 0.15) is 31.1 Å². The molecule has 1 aliphatic rings. The van der Waals surface area contributed by atoms with Crippen LogP contribution in [0.2, 0.25) is 5.02 Å². The van der Waals surface area contributed by atoms with Gasteiger partial charge < -0.3 is 24.6 Å². The molecule has 2 N–H and O–H groups in total. The fourth-order valence-corrected chi connectivity index (χ4v) is 3.36. The van der Waals surface area contributed by atoms with Crippen molar-refractivity contribution in [1.82, 2.24) is 5.32 Å². The highest BCUT2D eigenvalue weighted by Gasteiger charge is 2.28. The number of hydrogen-bond acceptors (Lipinski definition) is 6. The van der Waals surface area contributed by atoms with Crippen molar-refractivity contribution >= 4 is 17.6 Å². The van der Waals surface area contributed by atoms with Crippen LogP contribution in [0.3, 0.4) is 0 Å². The molecule has 0 radical (unpaired) electrons. The van der Waals surface area contributed by atoms with Crippen molar-refractivity contribution in [2.45, 2.75) is 38.5 Å². The number of ether oxygens (including phenoxy) is 3. The summed E-state index contributed by atoms with van der Waals surface area (Å²) in [5, 5.41) is 14.3. The molecule has 0 saturated carbocycles. The van der Waals surface area contributed by atoms with E-state index < -0.39 is 18.2 Å². The van der Waals surface area contributed by atoms with Crippen molar-refractivity contribution < 1.29 is 24.1 Å². The number of rotatable bonds is 8. The number of hydrogen-bond donors (Lipinski definition) is 2. The first-order valence-corrected chi connectivity index (χ1v) is 10.1. The highest BCUT2D eigenvalue weighted by molar-refractivity contribution is 6.30. The number of halogens is 1. The van der Waals surface area contributed by atoms with Gasteiger partial charge in [-0.2, -0.15) is 0 Å². The zero-order valence-electron chi connectivity index (χ0n) is 16.6. The normalized spacial score (nSPS) is 17.4. The van der Waals surface area contributed by atoms with Crippen LogP contribution in [0.5, 0.6) is 11.5 Å². The fourth-order valence-electron chi connectivity index (χ4n) is 3.16. The summed E-state index contributed by atoms with van der Waals surface area (Å²) in [5.74, 6) is 0.738. The minimum absolute atomic E-state index is 0.134. The lowest BCUT2D eigenvalue weighted by Crippen LogP contribution is -2.38. The average Bonchev–Trinajstić information content (AvgIpc) is 2.71. The van der Waals surface area contributed by atoms with E-state index >= 15 is 0 Å². The highest BCUT2D eigenvalue weighted by Crippen LogP contribution is 2.33. The summed E-state index contributed by atoms with van der Waals surface area (Å²) < 4.78 is 16.4. The van der Waals surface area contributed by atoms with Crippen molar-refractivity contribution in [3.8, 4) is 11.5 Å². The second kappa shape index (κ2) is 9.96. The van der Waals surface area contributed by atoms with Crippen LogP contribution in [0, 0.1) is 0 Å². The van der Waals surface area contributed by atoms with Gasteiger partial charge in [0, 0.05) is 17.6 Å². The standard InChI is InChI=1S/C22H26ClNO5/c1-3-27-22(26)21-13-28-20-10-15(7-8-19(20)29-21)9-14(2)24-12-18(25)16-5-4-6-17(23)11-16/h4-8,10-11,14,18,21,24-25H,3,9,12-13H2,1-2H3/t14-,18?,21+/m0/s1. The number of carbonyl (C=O) groups is 1. The SMILES string of the molecule is CCOC(=O)[C@H]1COc2cc(C[C@H](C)NCC(O)c3cccc(Cl)c3)ccc2O1. The molecule has 0 bridgehead atoms. The van der Waals surface area contributed by atoms with Crippen molar-refractivity contribution in [3.05, 3.63) is 58.6 Å². The molecule has 2 aromatic rings. The van der Waals surface area contributed by atoms with Crippen molar-refractivity contribution in [1.29, 1.82) is 0 Å². The summed E-state index contributed by atoms with van der Waals surface area (Å²) in [5.41, 5.74) is 1.85. The Morgan fingerprint density at radius 2 is 2.14 bits per heavy atom. The van der Waals surface area contributed by atoms with Gasteiger partial charge in [-0.15, -0.1) is 0 Å². The summed E-state index contributed by atoms with van der Waals surface area (Å²) in [6.45, 7) is 4.67. The van der Waals surface area contributed by atoms with Gasteiger partial charge in [-0.25, -0.2) is 4.79 Å². The van der Waals surface area contributed by atoms with E-state index in [1.807, 2.05) is 30.3 Å². The number of benzene rings is 2. The van der Waals surface area contributed by atoms with Gasteiger partial charge in [-0.3, -0.25) is 0 Å². The Balaban J connectivity index is 1.52. The molecular formula is C22H26ClNO5. The van der Waals surface area contributed by atoms with Crippen LogP contribution in [0.15, 0.2) is 42.5 Å². The summed E-state index contributed by atoms with van der Waals surface area (Å²) in [4.78, 5) is 11.8. The molecule has 0 fully saturated rings. The number of aliphatic hydroxyl groups excluding tert-OH is 1. The lowest BCUT2D eigenvalue weighted by Gasteiger charge is -2.25. The monoisotopic (exact) mass is 419 g/mol. The van der Waals surface area contributed by atoms with Gasteiger partial charge in [0.05, 0.1) is 12.7 Å². The van der Waals surface area contributed by atoms with Crippen LogP contribution in [0.4, 0.5) is 0 Å². The van der Waals surface area contributed by atoms with Crippen molar-refractivity contribution in [3.63, 3.8) is 0 Å². The Labute approximate surface area is 175 Å². The minimum Gasteiger partial charge on any atom is -0.485 e. The van der Waals surface area contributed by atoms with Crippen molar-refractivity contribution in [2.75, 3.05) is 19.8 Å². The topological polar surface area (TPSA) is 77.0 Å². The first kappa shape index (κ1) is 21.4. The van der Waals surface area contributed by atoms with E-state index in [0.29, 0.717) is 29.7 Å². The van der Waals surface area contributed by atoms with E-state index in [0.717, 1.165) is 17.5 Å². The summed E-state index contributed by atoms with van der Waals surface area (Å²) in [6.07, 6.45) is -0.613. The van der Waals surface area contributed by atoms with E-state index in [2.05, 4.69) is 12.2 Å².